The fourth-order valence-corrected chi connectivity index (χ4v) is 2.87. The van der Waals surface area contributed by atoms with Gasteiger partial charge in [0.25, 0.3) is 0 Å². The third kappa shape index (κ3) is 36.5. The maximum atomic E-state index is 5.46. The first kappa shape index (κ1) is 37.5. The third-order valence-electron chi connectivity index (χ3n) is 4.16. The lowest BCUT2D eigenvalue weighted by atomic mass is 10.6. The molecule has 0 unspecified atom stereocenters. The van der Waals surface area contributed by atoms with Crippen LogP contribution in [-0.4, -0.2) is 156 Å². The van der Waals surface area contributed by atoms with Crippen LogP contribution >= 0.6 is 31.9 Å². The number of halogens is 2. The molecule has 0 aromatic heterocycles. The molecule has 0 atom stereocenters. The highest BCUT2D eigenvalue weighted by molar-refractivity contribution is 9.09. The van der Waals surface area contributed by atoms with Gasteiger partial charge in [-0.1, -0.05) is 31.9 Å². The Morgan fingerprint density at radius 3 is 0.405 bits per heavy atom. The van der Waals surface area contributed by atoms with E-state index in [2.05, 4.69) is 31.9 Å². The lowest BCUT2D eigenvalue weighted by molar-refractivity contribution is -0.0272. The van der Waals surface area contributed by atoms with Crippen molar-refractivity contribution in [3.63, 3.8) is 0 Å². The van der Waals surface area contributed by atoms with Crippen molar-refractivity contribution in [2.45, 2.75) is 0 Å². The molecule has 0 amide bonds. The molecule has 0 saturated carbocycles. The summed E-state index contributed by atoms with van der Waals surface area (Å²) >= 11 is 6.59. The van der Waals surface area contributed by atoms with E-state index in [0.29, 0.717) is 145 Å². The predicted molar refractivity (Wildman–Crippen MR) is 147 cm³/mol. The van der Waals surface area contributed by atoms with E-state index in [4.69, 9.17) is 52.1 Å². The van der Waals surface area contributed by atoms with Crippen LogP contribution in [0.15, 0.2) is 0 Å². The summed E-state index contributed by atoms with van der Waals surface area (Å²) in [5.41, 5.74) is 0. The molecule has 0 radical (unpaired) electrons. The lowest BCUT2D eigenvalue weighted by Gasteiger charge is -2.09. The summed E-state index contributed by atoms with van der Waals surface area (Å²) in [5.74, 6) is 0. The van der Waals surface area contributed by atoms with Crippen LogP contribution in [0.5, 0.6) is 0 Å². The van der Waals surface area contributed by atoms with Crippen LogP contribution < -0.4 is 0 Å². The molecule has 37 heavy (non-hydrogen) atoms. The molecule has 11 nitrogen and oxygen atoms in total. The fraction of sp³-hybridized carbons (Fsp3) is 1.00. The summed E-state index contributed by atoms with van der Waals surface area (Å²) < 4.78 is 59.4. The van der Waals surface area contributed by atoms with E-state index in [9.17, 15) is 0 Å². The first-order valence-electron chi connectivity index (χ1n) is 12.9. The molecule has 0 heterocycles. The van der Waals surface area contributed by atoms with E-state index in [1.807, 2.05) is 0 Å². The molecule has 0 aliphatic carbocycles. The molecular formula is C24H48Br2O11. The summed E-state index contributed by atoms with van der Waals surface area (Å²) in [6, 6.07) is 0. The molecule has 0 fully saturated rings. The Hall–Kier alpha value is 0.520. The monoisotopic (exact) mass is 670 g/mol. The number of hydrogen-bond acceptors (Lipinski definition) is 11. The molecule has 0 aliphatic rings. The van der Waals surface area contributed by atoms with E-state index < -0.39 is 0 Å². The van der Waals surface area contributed by atoms with Crippen LogP contribution in [0, 0.1) is 0 Å². The molecular weight excluding hydrogens is 624 g/mol. The zero-order valence-corrected chi connectivity index (χ0v) is 25.4. The van der Waals surface area contributed by atoms with Gasteiger partial charge in [-0.05, 0) is 0 Å². The van der Waals surface area contributed by atoms with Gasteiger partial charge in [0.05, 0.1) is 145 Å². The molecule has 224 valence electrons. The Balaban J connectivity index is 3.00. The average Bonchev–Trinajstić information content (AvgIpc) is 2.91. The Kier molecular flexibility index (Phi) is 37.0. The lowest BCUT2D eigenvalue weighted by Crippen LogP contribution is -2.15. The summed E-state index contributed by atoms with van der Waals surface area (Å²) in [4.78, 5) is 0. The van der Waals surface area contributed by atoms with Crippen molar-refractivity contribution >= 4 is 31.9 Å². The highest BCUT2D eigenvalue weighted by Gasteiger charge is 1.96. The van der Waals surface area contributed by atoms with Crippen LogP contribution in [0.2, 0.25) is 0 Å². The standard InChI is InChI=1S/C24H48Br2O11/c25-1-3-27-5-7-29-9-11-31-13-15-33-17-19-35-21-23-37-24-22-36-20-18-34-16-14-32-12-10-30-8-6-28-4-2-26/h1-24H2. The smallest absolute Gasteiger partial charge is 0.0701 e. The van der Waals surface area contributed by atoms with E-state index in [0.717, 1.165) is 10.7 Å². The molecule has 13 heteroatoms. The normalized spacial score (nSPS) is 11.5. The van der Waals surface area contributed by atoms with Gasteiger partial charge >= 0.3 is 0 Å². The summed E-state index contributed by atoms with van der Waals surface area (Å²) in [6.45, 7) is 12.3. The van der Waals surface area contributed by atoms with Gasteiger partial charge in [0, 0.05) is 10.7 Å². The Bertz CT molecular complexity index is 368. The molecule has 0 aromatic rings. The van der Waals surface area contributed by atoms with Crippen molar-refractivity contribution in [1.29, 1.82) is 0 Å². The maximum absolute atomic E-state index is 5.46. The second kappa shape index (κ2) is 36.5. The predicted octanol–water partition coefficient (Wildman–Crippen LogP) is 1.96. The molecule has 0 aliphatic heterocycles. The largest absolute Gasteiger partial charge is 0.378 e. The molecule has 0 rings (SSSR count). The molecule has 0 saturated heterocycles. The van der Waals surface area contributed by atoms with E-state index >= 15 is 0 Å². The number of ether oxygens (including phenoxy) is 11. The van der Waals surface area contributed by atoms with Crippen LogP contribution in [-0.2, 0) is 52.1 Å². The van der Waals surface area contributed by atoms with E-state index in [1.54, 1.807) is 0 Å². The minimum atomic E-state index is 0.523. The topological polar surface area (TPSA) is 102 Å². The Morgan fingerprint density at radius 1 is 0.189 bits per heavy atom. The van der Waals surface area contributed by atoms with Gasteiger partial charge < -0.3 is 52.1 Å². The van der Waals surface area contributed by atoms with Crippen molar-refractivity contribution in [3.05, 3.63) is 0 Å². The first-order chi connectivity index (χ1) is 18.4. The van der Waals surface area contributed by atoms with Gasteiger partial charge in [-0.2, -0.15) is 0 Å². The summed E-state index contributed by atoms with van der Waals surface area (Å²) in [5, 5.41) is 1.68. The van der Waals surface area contributed by atoms with Crippen LogP contribution in [0.25, 0.3) is 0 Å². The maximum Gasteiger partial charge on any atom is 0.0701 e. The quantitative estimate of drug-likeness (QED) is 0.0741. The zero-order chi connectivity index (χ0) is 26.7. The highest BCUT2D eigenvalue weighted by atomic mass is 79.9. The second-order valence-corrected chi connectivity index (χ2v) is 8.70. The molecule has 0 aromatic carbocycles. The number of hydrogen-bond donors (Lipinski definition) is 0. The van der Waals surface area contributed by atoms with Crippen LogP contribution in [0.1, 0.15) is 0 Å². The van der Waals surface area contributed by atoms with Gasteiger partial charge in [0.1, 0.15) is 0 Å². The number of alkyl halides is 2. The minimum Gasteiger partial charge on any atom is -0.378 e. The molecule has 0 N–H and O–H groups in total. The number of rotatable bonds is 34. The van der Waals surface area contributed by atoms with Crippen molar-refractivity contribution in [2.24, 2.45) is 0 Å². The van der Waals surface area contributed by atoms with Crippen molar-refractivity contribution in [2.75, 3.05) is 156 Å². The summed E-state index contributed by atoms with van der Waals surface area (Å²) in [6.07, 6.45) is 0. The van der Waals surface area contributed by atoms with E-state index in [1.165, 1.54) is 0 Å². The van der Waals surface area contributed by atoms with Crippen molar-refractivity contribution < 1.29 is 52.1 Å². The van der Waals surface area contributed by atoms with Gasteiger partial charge in [0.2, 0.25) is 0 Å². The molecule has 0 bridgehead atoms. The zero-order valence-electron chi connectivity index (χ0n) is 22.2. The Labute approximate surface area is 239 Å². The average molecular weight is 672 g/mol. The van der Waals surface area contributed by atoms with Crippen LogP contribution in [0.3, 0.4) is 0 Å². The highest BCUT2D eigenvalue weighted by Crippen LogP contribution is 1.87. The Morgan fingerprint density at radius 2 is 0.297 bits per heavy atom. The van der Waals surface area contributed by atoms with E-state index in [-0.39, 0.29) is 0 Å². The van der Waals surface area contributed by atoms with Gasteiger partial charge in [-0.15, -0.1) is 0 Å². The van der Waals surface area contributed by atoms with Crippen LogP contribution in [0.4, 0.5) is 0 Å². The fourth-order valence-electron chi connectivity index (χ4n) is 2.41. The van der Waals surface area contributed by atoms with Crippen molar-refractivity contribution in [3.8, 4) is 0 Å². The van der Waals surface area contributed by atoms with Gasteiger partial charge in [-0.25, -0.2) is 0 Å². The van der Waals surface area contributed by atoms with Gasteiger partial charge in [0.15, 0.2) is 0 Å². The SMILES string of the molecule is BrCCOCCOCCOCCOCCOCCOCCOCCOCCOCCOCCOCCBr. The first-order valence-corrected chi connectivity index (χ1v) is 15.1. The van der Waals surface area contributed by atoms with Crippen molar-refractivity contribution in [1.82, 2.24) is 0 Å². The molecule has 0 spiro atoms. The third-order valence-corrected chi connectivity index (χ3v) is 4.81. The minimum absolute atomic E-state index is 0.523. The summed E-state index contributed by atoms with van der Waals surface area (Å²) in [7, 11) is 0. The van der Waals surface area contributed by atoms with Gasteiger partial charge in [-0.3, -0.25) is 0 Å². The second-order valence-electron chi connectivity index (χ2n) is 7.11.